The largest absolute Gasteiger partial charge is 0.294 e. The van der Waals surface area contributed by atoms with Crippen molar-refractivity contribution in [2.45, 2.75) is 46.5 Å². The molecule has 0 aliphatic carbocycles. The van der Waals surface area contributed by atoms with Crippen molar-refractivity contribution < 1.29 is 4.79 Å². The molecule has 4 heteroatoms. The van der Waals surface area contributed by atoms with Crippen molar-refractivity contribution >= 4 is 5.78 Å². The summed E-state index contributed by atoms with van der Waals surface area (Å²) in [5.74, 6) is 1.27. The van der Waals surface area contributed by atoms with E-state index in [1.54, 1.807) is 0 Å². The SMILES string of the molecule is Cc1ccc(-n2cc(CCC(=O)c3cccc(C)c3)c(C(C)C)n2)nc1. The predicted molar refractivity (Wildman–Crippen MR) is 104 cm³/mol. The Hall–Kier alpha value is -2.75. The molecular weight excluding hydrogens is 322 g/mol. The fraction of sp³-hybridized carbons (Fsp3) is 0.318. The molecule has 0 atom stereocenters. The first-order valence-corrected chi connectivity index (χ1v) is 9.05. The highest BCUT2D eigenvalue weighted by atomic mass is 16.1. The fourth-order valence-corrected chi connectivity index (χ4v) is 3.03. The third-order valence-electron chi connectivity index (χ3n) is 4.46. The minimum Gasteiger partial charge on any atom is -0.294 e. The maximum Gasteiger partial charge on any atom is 0.163 e. The minimum atomic E-state index is 0.171. The van der Waals surface area contributed by atoms with Gasteiger partial charge in [-0.3, -0.25) is 4.79 Å². The zero-order valence-electron chi connectivity index (χ0n) is 15.9. The molecule has 0 aliphatic rings. The summed E-state index contributed by atoms with van der Waals surface area (Å²) >= 11 is 0. The molecule has 3 rings (SSSR count). The molecule has 2 aromatic heterocycles. The maximum atomic E-state index is 12.5. The van der Waals surface area contributed by atoms with E-state index in [4.69, 9.17) is 5.10 Å². The predicted octanol–water partition coefficient (Wildman–Crippen LogP) is 4.82. The Morgan fingerprint density at radius 2 is 1.92 bits per heavy atom. The van der Waals surface area contributed by atoms with Crippen LogP contribution in [0.25, 0.3) is 5.82 Å². The Morgan fingerprint density at radius 1 is 1.12 bits per heavy atom. The second-order valence-electron chi connectivity index (χ2n) is 7.13. The Labute approximate surface area is 154 Å². The van der Waals surface area contributed by atoms with Gasteiger partial charge in [0.25, 0.3) is 0 Å². The second-order valence-corrected chi connectivity index (χ2v) is 7.13. The highest BCUT2D eigenvalue weighted by Crippen LogP contribution is 2.21. The number of aryl methyl sites for hydroxylation is 3. The summed E-state index contributed by atoms with van der Waals surface area (Å²) in [5, 5.41) is 4.72. The van der Waals surface area contributed by atoms with Crippen molar-refractivity contribution in [2.24, 2.45) is 0 Å². The van der Waals surface area contributed by atoms with E-state index >= 15 is 0 Å². The summed E-state index contributed by atoms with van der Waals surface area (Å²) in [6, 6.07) is 11.8. The summed E-state index contributed by atoms with van der Waals surface area (Å²) in [6.07, 6.45) is 5.02. The number of hydrogen-bond acceptors (Lipinski definition) is 3. The zero-order chi connectivity index (χ0) is 18.7. The van der Waals surface area contributed by atoms with Gasteiger partial charge in [-0.25, -0.2) is 9.67 Å². The first kappa shape index (κ1) is 18.1. The number of rotatable bonds is 6. The number of pyridine rings is 1. The van der Waals surface area contributed by atoms with E-state index in [-0.39, 0.29) is 5.78 Å². The molecule has 0 fully saturated rings. The van der Waals surface area contributed by atoms with Crippen molar-refractivity contribution in [3.8, 4) is 5.82 Å². The smallest absolute Gasteiger partial charge is 0.163 e. The number of carbonyl (C=O) groups is 1. The number of benzene rings is 1. The highest BCUT2D eigenvalue weighted by Gasteiger charge is 2.15. The molecule has 26 heavy (non-hydrogen) atoms. The fourth-order valence-electron chi connectivity index (χ4n) is 3.03. The third-order valence-corrected chi connectivity index (χ3v) is 4.46. The van der Waals surface area contributed by atoms with Crippen LogP contribution in [0.5, 0.6) is 0 Å². The lowest BCUT2D eigenvalue weighted by Gasteiger charge is -2.05. The first-order valence-electron chi connectivity index (χ1n) is 9.05. The van der Waals surface area contributed by atoms with Crippen LogP contribution in [0, 0.1) is 13.8 Å². The lowest BCUT2D eigenvalue weighted by Crippen LogP contribution is -2.03. The normalized spacial score (nSPS) is 11.1. The summed E-state index contributed by atoms with van der Waals surface area (Å²) in [5.41, 5.74) is 5.16. The van der Waals surface area contributed by atoms with Gasteiger partial charge in [0, 0.05) is 24.4 Å². The van der Waals surface area contributed by atoms with Crippen LogP contribution >= 0.6 is 0 Å². The van der Waals surface area contributed by atoms with E-state index in [1.165, 1.54) is 0 Å². The molecule has 0 unspecified atom stereocenters. The molecule has 1 aromatic carbocycles. The molecule has 3 aromatic rings. The van der Waals surface area contributed by atoms with Crippen molar-refractivity contribution in [3.63, 3.8) is 0 Å². The van der Waals surface area contributed by atoms with Crippen molar-refractivity contribution in [1.82, 2.24) is 14.8 Å². The lowest BCUT2D eigenvalue weighted by molar-refractivity contribution is 0.0982. The van der Waals surface area contributed by atoms with Crippen LogP contribution in [0.3, 0.4) is 0 Å². The molecule has 0 amide bonds. The van der Waals surface area contributed by atoms with E-state index in [0.717, 1.165) is 33.8 Å². The van der Waals surface area contributed by atoms with Gasteiger partial charge in [-0.15, -0.1) is 0 Å². The van der Waals surface area contributed by atoms with Crippen molar-refractivity contribution in [2.75, 3.05) is 0 Å². The molecule has 0 saturated carbocycles. The molecule has 0 N–H and O–H groups in total. The summed E-state index contributed by atoms with van der Waals surface area (Å²) in [6.45, 7) is 8.27. The molecular formula is C22H25N3O. The van der Waals surface area contributed by atoms with Gasteiger partial charge in [0.2, 0.25) is 0 Å². The van der Waals surface area contributed by atoms with Crippen LogP contribution in [0.1, 0.15) is 58.9 Å². The topological polar surface area (TPSA) is 47.8 Å². The van der Waals surface area contributed by atoms with E-state index in [2.05, 4.69) is 18.8 Å². The molecule has 134 valence electrons. The van der Waals surface area contributed by atoms with E-state index in [1.807, 2.05) is 67.3 Å². The van der Waals surface area contributed by atoms with Crippen molar-refractivity contribution in [3.05, 3.63) is 76.7 Å². The summed E-state index contributed by atoms with van der Waals surface area (Å²) < 4.78 is 1.82. The average Bonchev–Trinajstić information content (AvgIpc) is 3.05. The molecule has 0 bridgehead atoms. The van der Waals surface area contributed by atoms with Crippen LogP contribution in [-0.4, -0.2) is 20.5 Å². The number of Topliss-reactive ketones (excluding diaryl/α,β-unsaturated/α-hetero) is 1. The zero-order valence-corrected chi connectivity index (χ0v) is 15.9. The molecule has 0 spiro atoms. The molecule has 4 nitrogen and oxygen atoms in total. The number of aromatic nitrogens is 3. The number of carbonyl (C=O) groups excluding carboxylic acids is 1. The maximum absolute atomic E-state index is 12.5. The first-order chi connectivity index (χ1) is 12.4. The second kappa shape index (κ2) is 7.65. The number of hydrogen-bond donors (Lipinski definition) is 0. The Bertz CT molecular complexity index is 907. The molecule has 2 heterocycles. The Morgan fingerprint density at radius 3 is 2.58 bits per heavy atom. The summed E-state index contributed by atoms with van der Waals surface area (Å²) in [4.78, 5) is 17.0. The molecule has 0 saturated heterocycles. The van der Waals surface area contributed by atoms with Gasteiger partial charge in [0.15, 0.2) is 11.6 Å². The van der Waals surface area contributed by atoms with E-state index < -0.39 is 0 Å². The molecule has 0 radical (unpaired) electrons. The van der Waals surface area contributed by atoms with Gasteiger partial charge in [-0.05, 0) is 49.4 Å². The lowest BCUT2D eigenvalue weighted by atomic mass is 9.99. The average molecular weight is 347 g/mol. The number of ketones is 1. The van der Waals surface area contributed by atoms with Gasteiger partial charge in [0.05, 0.1) is 5.69 Å². The monoisotopic (exact) mass is 347 g/mol. The Balaban J connectivity index is 1.80. The van der Waals surface area contributed by atoms with E-state index in [9.17, 15) is 4.79 Å². The van der Waals surface area contributed by atoms with Crippen LogP contribution in [-0.2, 0) is 6.42 Å². The molecule has 0 aliphatic heterocycles. The minimum absolute atomic E-state index is 0.171. The third kappa shape index (κ3) is 4.07. The quantitative estimate of drug-likeness (QED) is 0.600. The Kier molecular flexibility index (Phi) is 5.31. The van der Waals surface area contributed by atoms with Crippen LogP contribution in [0.2, 0.25) is 0 Å². The van der Waals surface area contributed by atoms with Gasteiger partial charge >= 0.3 is 0 Å². The van der Waals surface area contributed by atoms with Crippen LogP contribution in [0.4, 0.5) is 0 Å². The van der Waals surface area contributed by atoms with E-state index in [0.29, 0.717) is 18.8 Å². The van der Waals surface area contributed by atoms with Crippen molar-refractivity contribution in [1.29, 1.82) is 0 Å². The highest BCUT2D eigenvalue weighted by molar-refractivity contribution is 5.96. The summed E-state index contributed by atoms with van der Waals surface area (Å²) in [7, 11) is 0. The number of nitrogens with zero attached hydrogens (tertiary/aromatic N) is 3. The van der Waals surface area contributed by atoms with Crippen LogP contribution in [0.15, 0.2) is 48.8 Å². The van der Waals surface area contributed by atoms with Gasteiger partial charge in [0.1, 0.15) is 0 Å². The van der Waals surface area contributed by atoms with Gasteiger partial charge in [-0.1, -0.05) is 43.7 Å². The van der Waals surface area contributed by atoms with Gasteiger partial charge in [-0.2, -0.15) is 5.10 Å². The van der Waals surface area contributed by atoms with Gasteiger partial charge < -0.3 is 0 Å². The standard InChI is InChI=1S/C22H25N3O/c1-15(2)22-19(9-10-20(26)18-7-5-6-16(3)12-18)14-25(24-22)21-11-8-17(4)13-23-21/h5-8,11-15H,9-10H2,1-4H3. The van der Waals surface area contributed by atoms with Crippen LogP contribution < -0.4 is 0 Å².